The van der Waals surface area contributed by atoms with Gasteiger partial charge >= 0.3 is 0 Å². The summed E-state index contributed by atoms with van der Waals surface area (Å²) in [6, 6.07) is 12.2. The maximum atomic E-state index is 5.45. The van der Waals surface area contributed by atoms with Crippen molar-refractivity contribution in [2.45, 2.75) is 0 Å². The molecule has 0 spiro atoms. The Morgan fingerprint density at radius 3 is 2.80 bits per heavy atom. The predicted octanol–water partition coefficient (Wildman–Crippen LogP) is 3.98. The van der Waals surface area contributed by atoms with Gasteiger partial charge in [0.1, 0.15) is 12.0 Å². The fraction of sp³-hybridized carbons (Fsp3) is 0.0625. The SMILES string of the molecule is COc1cc2[nH]c3ccccc3c2cc1-c1ncco1. The van der Waals surface area contributed by atoms with Gasteiger partial charge in [0.15, 0.2) is 0 Å². The number of hydrogen-bond donors (Lipinski definition) is 1. The second-order valence-corrected chi connectivity index (χ2v) is 4.61. The summed E-state index contributed by atoms with van der Waals surface area (Å²) in [5, 5.41) is 2.31. The molecule has 4 aromatic rings. The summed E-state index contributed by atoms with van der Waals surface area (Å²) in [5.74, 6) is 1.31. The van der Waals surface area contributed by atoms with Gasteiger partial charge in [-0.05, 0) is 12.1 Å². The van der Waals surface area contributed by atoms with Crippen LogP contribution in [0.2, 0.25) is 0 Å². The van der Waals surface area contributed by atoms with E-state index in [2.05, 4.69) is 28.2 Å². The first-order valence-corrected chi connectivity index (χ1v) is 6.35. The van der Waals surface area contributed by atoms with E-state index in [0.717, 1.165) is 27.7 Å². The highest BCUT2D eigenvalue weighted by molar-refractivity contribution is 6.09. The number of aromatic nitrogens is 2. The number of para-hydroxylation sites is 1. The van der Waals surface area contributed by atoms with Crippen molar-refractivity contribution in [3.8, 4) is 17.2 Å². The van der Waals surface area contributed by atoms with Crippen LogP contribution in [0.4, 0.5) is 0 Å². The highest BCUT2D eigenvalue weighted by atomic mass is 16.5. The molecule has 0 aliphatic heterocycles. The summed E-state index contributed by atoms with van der Waals surface area (Å²) in [6.45, 7) is 0. The van der Waals surface area contributed by atoms with Crippen LogP contribution < -0.4 is 4.74 Å². The van der Waals surface area contributed by atoms with Gasteiger partial charge in [-0.15, -0.1) is 0 Å². The molecule has 2 heterocycles. The van der Waals surface area contributed by atoms with E-state index >= 15 is 0 Å². The van der Waals surface area contributed by atoms with Crippen molar-refractivity contribution in [3.63, 3.8) is 0 Å². The van der Waals surface area contributed by atoms with Crippen LogP contribution in [0.15, 0.2) is 53.3 Å². The topological polar surface area (TPSA) is 51.0 Å². The minimum absolute atomic E-state index is 0.564. The van der Waals surface area contributed by atoms with Crippen molar-refractivity contribution < 1.29 is 9.15 Å². The van der Waals surface area contributed by atoms with Gasteiger partial charge in [-0.25, -0.2) is 4.98 Å². The van der Waals surface area contributed by atoms with Crippen LogP contribution in [0.1, 0.15) is 0 Å². The lowest BCUT2D eigenvalue weighted by Gasteiger charge is -2.05. The lowest BCUT2D eigenvalue weighted by atomic mass is 10.1. The fourth-order valence-electron chi connectivity index (χ4n) is 2.57. The third kappa shape index (κ3) is 1.51. The zero-order chi connectivity index (χ0) is 13.5. The molecule has 1 N–H and O–H groups in total. The Morgan fingerprint density at radius 1 is 1.10 bits per heavy atom. The molecule has 0 bridgehead atoms. The maximum Gasteiger partial charge on any atom is 0.229 e. The molecule has 4 nitrogen and oxygen atoms in total. The number of H-pyrrole nitrogens is 1. The number of nitrogens with zero attached hydrogens (tertiary/aromatic N) is 1. The molecule has 0 aliphatic carbocycles. The first-order valence-electron chi connectivity index (χ1n) is 6.35. The molecule has 0 amide bonds. The van der Waals surface area contributed by atoms with Crippen molar-refractivity contribution in [3.05, 3.63) is 48.9 Å². The average molecular weight is 264 g/mol. The summed E-state index contributed by atoms with van der Waals surface area (Å²) in [4.78, 5) is 7.60. The summed E-state index contributed by atoms with van der Waals surface area (Å²) < 4.78 is 10.9. The number of methoxy groups -OCH3 is 1. The minimum Gasteiger partial charge on any atom is -0.496 e. The Kier molecular flexibility index (Phi) is 2.29. The van der Waals surface area contributed by atoms with Gasteiger partial charge < -0.3 is 14.1 Å². The Morgan fingerprint density at radius 2 is 2.00 bits per heavy atom. The van der Waals surface area contributed by atoms with Crippen LogP contribution in [0.5, 0.6) is 5.75 Å². The first kappa shape index (κ1) is 11.1. The number of aromatic amines is 1. The molecule has 0 saturated heterocycles. The highest BCUT2D eigenvalue weighted by Crippen LogP contribution is 2.36. The number of fused-ring (bicyclic) bond motifs is 3. The standard InChI is InChI=1S/C16H12N2O2/c1-19-15-9-14-11(8-12(15)16-17-6-7-20-16)10-4-2-3-5-13(10)18-14/h2-9,18H,1H3. The van der Waals surface area contributed by atoms with Crippen LogP contribution in [-0.4, -0.2) is 17.1 Å². The van der Waals surface area contributed by atoms with Crippen LogP contribution in [0.3, 0.4) is 0 Å². The van der Waals surface area contributed by atoms with E-state index in [1.165, 1.54) is 5.39 Å². The molecule has 20 heavy (non-hydrogen) atoms. The minimum atomic E-state index is 0.564. The van der Waals surface area contributed by atoms with E-state index < -0.39 is 0 Å². The number of hydrogen-bond acceptors (Lipinski definition) is 3. The number of oxazole rings is 1. The summed E-state index contributed by atoms with van der Waals surface area (Å²) in [6.07, 6.45) is 3.20. The molecular weight excluding hydrogens is 252 g/mol. The zero-order valence-corrected chi connectivity index (χ0v) is 10.9. The Balaban J connectivity index is 2.10. The zero-order valence-electron chi connectivity index (χ0n) is 10.9. The molecule has 2 aromatic carbocycles. The second kappa shape index (κ2) is 4.13. The van der Waals surface area contributed by atoms with Crippen LogP contribution in [0.25, 0.3) is 33.3 Å². The number of benzene rings is 2. The third-order valence-electron chi connectivity index (χ3n) is 3.49. The van der Waals surface area contributed by atoms with Gasteiger partial charge in [0.2, 0.25) is 5.89 Å². The molecule has 0 fully saturated rings. The van der Waals surface area contributed by atoms with Gasteiger partial charge in [-0.3, -0.25) is 0 Å². The number of rotatable bonds is 2. The average Bonchev–Trinajstić information content (AvgIpc) is 3.12. The molecule has 98 valence electrons. The van der Waals surface area contributed by atoms with Gasteiger partial charge in [-0.1, -0.05) is 18.2 Å². The third-order valence-corrected chi connectivity index (χ3v) is 3.49. The van der Waals surface area contributed by atoms with Crippen LogP contribution in [0, 0.1) is 0 Å². The van der Waals surface area contributed by atoms with Crippen molar-refractivity contribution >= 4 is 21.8 Å². The lowest BCUT2D eigenvalue weighted by Crippen LogP contribution is -1.88. The van der Waals surface area contributed by atoms with E-state index in [9.17, 15) is 0 Å². The lowest BCUT2D eigenvalue weighted by molar-refractivity contribution is 0.415. The highest BCUT2D eigenvalue weighted by Gasteiger charge is 2.14. The largest absolute Gasteiger partial charge is 0.496 e. The predicted molar refractivity (Wildman–Crippen MR) is 77.9 cm³/mol. The van der Waals surface area contributed by atoms with Crippen molar-refractivity contribution in [1.29, 1.82) is 0 Å². The van der Waals surface area contributed by atoms with E-state index in [1.807, 2.05) is 18.2 Å². The summed E-state index contributed by atoms with van der Waals surface area (Å²) >= 11 is 0. The molecule has 4 heteroatoms. The maximum absolute atomic E-state index is 5.45. The molecule has 0 unspecified atom stereocenters. The summed E-state index contributed by atoms with van der Waals surface area (Å²) in [5.41, 5.74) is 3.00. The molecular formula is C16H12N2O2. The number of ether oxygens (including phenoxy) is 1. The van der Waals surface area contributed by atoms with E-state index in [-0.39, 0.29) is 0 Å². The normalized spacial score (nSPS) is 11.2. The first-order chi connectivity index (χ1) is 9.86. The quantitative estimate of drug-likeness (QED) is 0.595. The van der Waals surface area contributed by atoms with Crippen LogP contribution >= 0.6 is 0 Å². The Hall–Kier alpha value is -2.75. The van der Waals surface area contributed by atoms with Crippen molar-refractivity contribution in [2.75, 3.05) is 7.11 Å². The van der Waals surface area contributed by atoms with Crippen molar-refractivity contribution in [1.82, 2.24) is 9.97 Å². The van der Waals surface area contributed by atoms with Crippen LogP contribution in [-0.2, 0) is 0 Å². The van der Waals surface area contributed by atoms with Gasteiger partial charge in [-0.2, -0.15) is 0 Å². The van der Waals surface area contributed by atoms with Gasteiger partial charge in [0, 0.05) is 22.4 Å². The van der Waals surface area contributed by atoms with Gasteiger partial charge in [0.25, 0.3) is 0 Å². The number of nitrogens with one attached hydrogen (secondary N) is 1. The Bertz CT molecular complexity index is 892. The molecule has 0 radical (unpaired) electrons. The molecule has 4 rings (SSSR count). The fourth-order valence-corrected chi connectivity index (χ4v) is 2.57. The Labute approximate surface area is 115 Å². The monoisotopic (exact) mass is 264 g/mol. The smallest absolute Gasteiger partial charge is 0.229 e. The van der Waals surface area contributed by atoms with E-state index in [1.54, 1.807) is 19.6 Å². The molecule has 0 aliphatic rings. The summed E-state index contributed by atoms with van der Waals surface area (Å²) in [7, 11) is 1.65. The molecule has 0 saturated carbocycles. The van der Waals surface area contributed by atoms with Crippen molar-refractivity contribution in [2.24, 2.45) is 0 Å². The van der Waals surface area contributed by atoms with E-state index in [0.29, 0.717) is 5.89 Å². The molecule has 0 atom stereocenters. The van der Waals surface area contributed by atoms with E-state index in [4.69, 9.17) is 9.15 Å². The van der Waals surface area contributed by atoms with Gasteiger partial charge in [0.05, 0.1) is 24.4 Å². The molecule has 2 aromatic heterocycles. The second-order valence-electron chi connectivity index (χ2n) is 4.61.